The minimum atomic E-state index is 0.762. The van der Waals surface area contributed by atoms with Crippen molar-refractivity contribution < 1.29 is 0 Å². The molecule has 0 saturated carbocycles. The van der Waals surface area contributed by atoms with Gasteiger partial charge in [-0.3, -0.25) is 4.90 Å². The van der Waals surface area contributed by atoms with Gasteiger partial charge in [0.15, 0.2) is 0 Å². The first-order chi connectivity index (χ1) is 9.79. The van der Waals surface area contributed by atoms with Gasteiger partial charge in [0.2, 0.25) is 0 Å². The van der Waals surface area contributed by atoms with Gasteiger partial charge in [0.1, 0.15) is 0 Å². The van der Waals surface area contributed by atoms with Gasteiger partial charge < -0.3 is 15.5 Å². The van der Waals surface area contributed by atoms with Gasteiger partial charge in [-0.2, -0.15) is 0 Å². The van der Waals surface area contributed by atoms with Crippen LogP contribution >= 0.6 is 0 Å². The first kappa shape index (κ1) is 15.3. The van der Waals surface area contributed by atoms with Crippen molar-refractivity contribution in [1.29, 1.82) is 0 Å². The summed E-state index contributed by atoms with van der Waals surface area (Å²) >= 11 is 0. The highest BCUT2D eigenvalue weighted by molar-refractivity contribution is 5.45. The molecule has 0 unspecified atom stereocenters. The third-order valence-electron chi connectivity index (χ3n) is 4.04. The van der Waals surface area contributed by atoms with Gasteiger partial charge in [-0.25, -0.2) is 0 Å². The Bertz CT molecular complexity index is 360. The number of piperazine rings is 1. The Morgan fingerprint density at radius 3 is 2.40 bits per heavy atom. The standard InChI is InChI=1S/C16H28N4/c1-18-10-12-19(13-11-18)14-15-20(9-5-8-17)16-6-3-2-4-7-16/h2-4,6-7H,5,8-15,17H2,1H3. The number of benzene rings is 1. The number of rotatable bonds is 7. The van der Waals surface area contributed by atoms with Crippen molar-refractivity contribution in [1.82, 2.24) is 9.80 Å². The first-order valence-electron chi connectivity index (χ1n) is 7.70. The van der Waals surface area contributed by atoms with Crippen molar-refractivity contribution >= 4 is 5.69 Å². The lowest BCUT2D eigenvalue weighted by atomic mass is 10.2. The molecule has 0 aromatic heterocycles. The fourth-order valence-corrected chi connectivity index (χ4v) is 2.62. The van der Waals surface area contributed by atoms with Crippen LogP contribution in [0.1, 0.15) is 6.42 Å². The average Bonchev–Trinajstić information content (AvgIpc) is 2.50. The summed E-state index contributed by atoms with van der Waals surface area (Å²) in [6, 6.07) is 10.7. The second-order valence-corrected chi connectivity index (χ2v) is 5.61. The SMILES string of the molecule is CN1CCN(CCN(CCCN)c2ccccc2)CC1. The van der Waals surface area contributed by atoms with Crippen molar-refractivity contribution in [3.05, 3.63) is 30.3 Å². The number of hydrogen-bond acceptors (Lipinski definition) is 4. The molecular weight excluding hydrogens is 248 g/mol. The summed E-state index contributed by atoms with van der Waals surface area (Å²) in [7, 11) is 2.20. The molecule has 0 amide bonds. The monoisotopic (exact) mass is 276 g/mol. The number of hydrogen-bond donors (Lipinski definition) is 1. The Morgan fingerprint density at radius 1 is 1.05 bits per heavy atom. The van der Waals surface area contributed by atoms with Crippen LogP contribution in [0.4, 0.5) is 5.69 Å². The molecule has 0 atom stereocenters. The van der Waals surface area contributed by atoms with Crippen molar-refractivity contribution in [3.8, 4) is 0 Å². The third-order valence-corrected chi connectivity index (χ3v) is 4.04. The van der Waals surface area contributed by atoms with Gasteiger partial charge in [-0.1, -0.05) is 18.2 Å². The zero-order chi connectivity index (χ0) is 14.2. The minimum absolute atomic E-state index is 0.762. The summed E-state index contributed by atoms with van der Waals surface area (Å²) in [6.07, 6.45) is 1.05. The molecule has 4 heteroatoms. The number of nitrogens with zero attached hydrogens (tertiary/aromatic N) is 3. The predicted octanol–water partition coefficient (Wildman–Crippen LogP) is 1.09. The normalized spacial score (nSPS) is 17.3. The highest BCUT2D eigenvalue weighted by Crippen LogP contribution is 2.13. The summed E-state index contributed by atoms with van der Waals surface area (Å²) < 4.78 is 0. The maximum Gasteiger partial charge on any atom is 0.0366 e. The zero-order valence-electron chi connectivity index (χ0n) is 12.7. The Kier molecular flexibility index (Phi) is 6.30. The van der Waals surface area contributed by atoms with Gasteiger partial charge in [0.05, 0.1) is 0 Å². The van der Waals surface area contributed by atoms with Crippen LogP contribution in [0.25, 0.3) is 0 Å². The molecule has 1 aliphatic rings. The lowest BCUT2D eigenvalue weighted by molar-refractivity contribution is 0.157. The maximum atomic E-state index is 5.67. The van der Waals surface area contributed by atoms with Crippen LogP contribution in [0.3, 0.4) is 0 Å². The van der Waals surface area contributed by atoms with E-state index in [1.54, 1.807) is 0 Å². The van der Waals surface area contributed by atoms with E-state index in [4.69, 9.17) is 5.73 Å². The van der Waals surface area contributed by atoms with E-state index in [2.05, 4.69) is 52.1 Å². The highest BCUT2D eigenvalue weighted by atomic mass is 15.3. The van der Waals surface area contributed by atoms with E-state index in [-0.39, 0.29) is 0 Å². The first-order valence-corrected chi connectivity index (χ1v) is 7.70. The third kappa shape index (κ3) is 4.78. The smallest absolute Gasteiger partial charge is 0.0366 e. The molecule has 1 saturated heterocycles. The summed E-state index contributed by atoms with van der Waals surface area (Å²) in [4.78, 5) is 7.43. The predicted molar refractivity (Wildman–Crippen MR) is 86.3 cm³/mol. The summed E-state index contributed by atoms with van der Waals surface area (Å²) in [5.41, 5.74) is 6.98. The number of anilines is 1. The Morgan fingerprint density at radius 2 is 1.75 bits per heavy atom. The average molecular weight is 276 g/mol. The molecule has 1 aromatic rings. The van der Waals surface area contributed by atoms with E-state index in [0.29, 0.717) is 0 Å². The van der Waals surface area contributed by atoms with Crippen molar-refractivity contribution in [2.45, 2.75) is 6.42 Å². The molecule has 112 valence electrons. The second kappa shape index (κ2) is 8.25. The minimum Gasteiger partial charge on any atom is -0.370 e. The van der Waals surface area contributed by atoms with E-state index in [9.17, 15) is 0 Å². The fourth-order valence-electron chi connectivity index (χ4n) is 2.62. The van der Waals surface area contributed by atoms with Crippen LogP contribution in [0.2, 0.25) is 0 Å². The summed E-state index contributed by atoms with van der Waals surface area (Å²) in [5.74, 6) is 0. The lowest BCUT2D eigenvalue weighted by Crippen LogP contribution is -2.47. The van der Waals surface area contributed by atoms with E-state index >= 15 is 0 Å². The topological polar surface area (TPSA) is 35.7 Å². The fraction of sp³-hybridized carbons (Fsp3) is 0.625. The van der Waals surface area contributed by atoms with Crippen LogP contribution in [0.5, 0.6) is 0 Å². The van der Waals surface area contributed by atoms with Crippen LogP contribution < -0.4 is 10.6 Å². The number of likely N-dealkylation sites (N-methyl/N-ethyl adjacent to an activating group) is 1. The van der Waals surface area contributed by atoms with E-state index < -0.39 is 0 Å². The largest absolute Gasteiger partial charge is 0.370 e. The Balaban J connectivity index is 1.84. The molecule has 0 radical (unpaired) electrons. The van der Waals surface area contributed by atoms with E-state index in [1.807, 2.05) is 0 Å². The number of nitrogens with two attached hydrogens (primary N) is 1. The Hall–Kier alpha value is -1.10. The quantitative estimate of drug-likeness (QED) is 0.809. The van der Waals surface area contributed by atoms with Crippen LogP contribution in [0.15, 0.2) is 30.3 Å². The van der Waals surface area contributed by atoms with Crippen LogP contribution in [-0.4, -0.2) is 69.2 Å². The summed E-state index contributed by atoms with van der Waals surface area (Å²) in [6.45, 7) is 8.81. The van der Waals surface area contributed by atoms with Crippen molar-refractivity contribution in [2.75, 3.05) is 64.3 Å². The highest BCUT2D eigenvalue weighted by Gasteiger charge is 2.14. The molecule has 1 aliphatic heterocycles. The van der Waals surface area contributed by atoms with Gasteiger partial charge in [-0.15, -0.1) is 0 Å². The molecule has 0 bridgehead atoms. The summed E-state index contributed by atoms with van der Waals surface area (Å²) in [5, 5.41) is 0. The van der Waals surface area contributed by atoms with Gasteiger partial charge in [0.25, 0.3) is 0 Å². The molecule has 1 heterocycles. The van der Waals surface area contributed by atoms with E-state index in [1.165, 1.54) is 31.9 Å². The second-order valence-electron chi connectivity index (χ2n) is 5.61. The van der Waals surface area contributed by atoms with Crippen LogP contribution in [-0.2, 0) is 0 Å². The molecule has 1 aromatic carbocycles. The van der Waals surface area contributed by atoms with Gasteiger partial charge >= 0.3 is 0 Å². The molecular formula is C16H28N4. The molecule has 0 aliphatic carbocycles. The molecule has 1 fully saturated rings. The van der Waals surface area contributed by atoms with Crippen molar-refractivity contribution in [2.24, 2.45) is 5.73 Å². The van der Waals surface area contributed by atoms with Gasteiger partial charge in [0, 0.05) is 51.5 Å². The molecule has 2 N–H and O–H groups in total. The molecule has 2 rings (SSSR count). The van der Waals surface area contributed by atoms with Gasteiger partial charge in [-0.05, 0) is 32.1 Å². The molecule has 20 heavy (non-hydrogen) atoms. The molecule has 0 spiro atoms. The number of para-hydroxylation sites is 1. The van der Waals surface area contributed by atoms with E-state index in [0.717, 1.165) is 32.6 Å². The van der Waals surface area contributed by atoms with Crippen molar-refractivity contribution in [3.63, 3.8) is 0 Å². The zero-order valence-corrected chi connectivity index (χ0v) is 12.7. The molecule has 4 nitrogen and oxygen atoms in total. The maximum absolute atomic E-state index is 5.67. The Labute approximate surface area is 123 Å². The lowest BCUT2D eigenvalue weighted by Gasteiger charge is -2.34. The van der Waals surface area contributed by atoms with Crippen LogP contribution in [0, 0.1) is 0 Å².